The summed E-state index contributed by atoms with van der Waals surface area (Å²) in [7, 11) is -3.79. The van der Waals surface area contributed by atoms with Gasteiger partial charge < -0.3 is 14.4 Å². The van der Waals surface area contributed by atoms with E-state index in [2.05, 4.69) is 19.9 Å². The standard InChI is InChI=1S/C23H27ClFN5O5S2/c1-12(2)29-37(33,34)14-5-6-15(16(24)11-14)18-17(21(31)30-9-7-13(25)8-10-30)26-20(36-18)19-27-28-22(35-19)23(3,4)32/h5-6,11-13,29,32H,7-10H2,1-4H3. The van der Waals surface area contributed by atoms with Gasteiger partial charge in [0.15, 0.2) is 5.01 Å². The molecule has 3 heterocycles. The first kappa shape index (κ1) is 27.6. The normalized spacial score (nSPS) is 15.5. The summed E-state index contributed by atoms with van der Waals surface area (Å²) in [5.74, 6) is -0.440. The largest absolute Gasteiger partial charge is 0.415 e. The molecule has 3 aromatic rings. The van der Waals surface area contributed by atoms with Crippen LogP contribution in [0.15, 0.2) is 27.5 Å². The van der Waals surface area contributed by atoms with Crippen molar-refractivity contribution in [2.45, 2.75) is 63.2 Å². The molecule has 0 aliphatic carbocycles. The van der Waals surface area contributed by atoms with Gasteiger partial charge in [-0.05, 0) is 52.7 Å². The number of hydrogen-bond donors (Lipinski definition) is 2. The number of amides is 1. The van der Waals surface area contributed by atoms with Crippen LogP contribution in [0, 0.1) is 0 Å². The molecule has 200 valence electrons. The maximum Gasteiger partial charge on any atom is 0.276 e. The van der Waals surface area contributed by atoms with Crippen LogP contribution in [0.1, 0.15) is 56.9 Å². The molecule has 0 unspecified atom stereocenters. The predicted octanol–water partition coefficient (Wildman–Crippen LogP) is 4.00. The molecule has 4 rings (SSSR count). The topological polar surface area (TPSA) is 139 Å². The van der Waals surface area contributed by atoms with Crippen LogP contribution >= 0.6 is 22.9 Å². The third-order valence-electron chi connectivity index (χ3n) is 5.56. The lowest BCUT2D eigenvalue weighted by Gasteiger charge is -2.28. The Kier molecular flexibility index (Phi) is 7.73. The highest BCUT2D eigenvalue weighted by molar-refractivity contribution is 7.89. The number of rotatable bonds is 7. The zero-order valence-corrected chi connectivity index (χ0v) is 23.0. The van der Waals surface area contributed by atoms with Gasteiger partial charge in [-0.3, -0.25) is 4.79 Å². The fourth-order valence-corrected chi connectivity index (χ4v) is 6.41. The van der Waals surface area contributed by atoms with Crippen molar-refractivity contribution >= 4 is 38.9 Å². The summed E-state index contributed by atoms with van der Waals surface area (Å²) in [5.41, 5.74) is -0.937. The number of hydrogen-bond acceptors (Lipinski definition) is 9. The number of benzene rings is 1. The number of aliphatic hydroxyl groups is 1. The van der Waals surface area contributed by atoms with Crippen LogP contribution in [-0.2, 0) is 15.6 Å². The molecule has 2 N–H and O–H groups in total. The Labute approximate surface area is 222 Å². The number of nitrogens with one attached hydrogen (secondary N) is 1. The highest BCUT2D eigenvalue weighted by Crippen LogP contribution is 2.40. The number of sulfonamides is 1. The quantitative estimate of drug-likeness (QED) is 0.434. The first-order chi connectivity index (χ1) is 17.3. The Morgan fingerprint density at radius 3 is 2.54 bits per heavy atom. The summed E-state index contributed by atoms with van der Waals surface area (Å²) in [6, 6.07) is 3.90. The van der Waals surface area contributed by atoms with Gasteiger partial charge in [-0.25, -0.2) is 22.5 Å². The monoisotopic (exact) mass is 571 g/mol. The molecule has 1 aliphatic rings. The fraction of sp³-hybridized carbons (Fsp3) is 0.478. The molecular formula is C23H27ClFN5O5S2. The Morgan fingerprint density at radius 2 is 1.97 bits per heavy atom. The fourth-order valence-electron chi connectivity index (χ4n) is 3.72. The number of nitrogens with zero attached hydrogens (tertiary/aromatic N) is 4. The first-order valence-electron chi connectivity index (χ1n) is 11.6. The Bertz CT molecular complexity index is 1410. The molecule has 0 spiro atoms. The lowest BCUT2D eigenvalue weighted by atomic mass is 10.1. The van der Waals surface area contributed by atoms with E-state index in [0.29, 0.717) is 10.4 Å². The maximum atomic E-state index is 13.7. The molecule has 0 bridgehead atoms. The minimum atomic E-state index is -3.79. The van der Waals surface area contributed by atoms with Crippen LogP contribution in [-0.4, -0.2) is 64.8 Å². The number of alkyl halides is 1. The van der Waals surface area contributed by atoms with Crippen molar-refractivity contribution in [3.8, 4) is 21.3 Å². The predicted molar refractivity (Wildman–Crippen MR) is 137 cm³/mol. The second-order valence-corrected chi connectivity index (χ2v) is 12.7. The van der Waals surface area contributed by atoms with Gasteiger partial charge in [0, 0.05) is 24.7 Å². The molecule has 1 amide bonds. The van der Waals surface area contributed by atoms with Crippen molar-refractivity contribution in [1.82, 2.24) is 24.8 Å². The highest BCUT2D eigenvalue weighted by Gasteiger charge is 2.31. The number of piperidine rings is 1. The zero-order chi connectivity index (χ0) is 27.1. The van der Waals surface area contributed by atoms with Crippen LogP contribution in [0.5, 0.6) is 0 Å². The summed E-state index contributed by atoms with van der Waals surface area (Å²) in [6.07, 6.45) is -0.504. The molecule has 37 heavy (non-hydrogen) atoms. The Morgan fingerprint density at radius 1 is 1.30 bits per heavy atom. The second-order valence-electron chi connectivity index (χ2n) is 9.55. The van der Waals surface area contributed by atoms with E-state index in [1.54, 1.807) is 13.8 Å². The van der Waals surface area contributed by atoms with E-state index < -0.39 is 27.7 Å². The Hall–Kier alpha value is -2.45. The molecular weight excluding hydrogens is 545 g/mol. The lowest BCUT2D eigenvalue weighted by Crippen LogP contribution is -2.39. The molecule has 0 radical (unpaired) electrons. The summed E-state index contributed by atoms with van der Waals surface area (Å²) < 4.78 is 47.0. The molecule has 0 saturated carbocycles. The van der Waals surface area contributed by atoms with E-state index in [1.165, 1.54) is 36.9 Å². The average Bonchev–Trinajstić information content (AvgIpc) is 3.46. The van der Waals surface area contributed by atoms with Crippen molar-refractivity contribution in [2.75, 3.05) is 13.1 Å². The Balaban J connectivity index is 1.79. The van der Waals surface area contributed by atoms with Crippen LogP contribution in [0.3, 0.4) is 0 Å². The molecule has 14 heteroatoms. The van der Waals surface area contributed by atoms with Crippen molar-refractivity contribution in [3.63, 3.8) is 0 Å². The number of aromatic nitrogens is 3. The van der Waals surface area contributed by atoms with Crippen molar-refractivity contribution in [1.29, 1.82) is 0 Å². The average molecular weight is 572 g/mol. The number of thiazole rings is 1. The minimum Gasteiger partial charge on any atom is -0.415 e. The molecule has 2 aromatic heterocycles. The minimum absolute atomic E-state index is 0.00125. The van der Waals surface area contributed by atoms with Crippen molar-refractivity contribution in [2.24, 2.45) is 0 Å². The van der Waals surface area contributed by atoms with Gasteiger partial charge >= 0.3 is 0 Å². The lowest BCUT2D eigenvalue weighted by molar-refractivity contribution is 0.0487. The van der Waals surface area contributed by atoms with Gasteiger partial charge in [0.25, 0.3) is 11.8 Å². The van der Waals surface area contributed by atoms with Gasteiger partial charge in [-0.15, -0.1) is 21.5 Å². The molecule has 0 atom stereocenters. The van der Waals surface area contributed by atoms with Gasteiger partial charge in [0.2, 0.25) is 15.9 Å². The zero-order valence-electron chi connectivity index (χ0n) is 20.7. The third kappa shape index (κ3) is 6.01. The smallest absolute Gasteiger partial charge is 0.276 e. The SMILES string of the molecule is CC(C)NS(=O)(=O)c1ccc(-c2sc(-c3nnc(C(C)(C)O)o3)nc2C(=O)N2CCC(F)CC2)c(Cl)c1. The van der Waals surface area contributed by atoms with E-state index in [4.69, 9.17) is 16.0 Å². The summed E-state index contributed by atoms with van der Waals surface area (Å²) in [4.78, 5) is 19.8. The molecule has 1 aromatic carbocycles. The van der Waals surface area contributed by atoms with Crippen molar-refractivity contribution in [3.05, 3.63) is 34.8 Å². The van der Waals surface area contributed by atoms with Crippen LogP contribution in [0.4, 0.5) is 4.39 Å². The van der Waals surface area contributed by atoms with Crippen LogP contribution in [0.25, 0.3) is 21.3 Å². The van der Waals surface area contributed by atoms with E-state index in [1.807, 2.05) is 0 Å². The van der Waals surface area contributed by atoms with Crippen LogP contribution < -0.4 is 4.72 Å². The summed E-state index contributed by atoms with van der Waals surface area (Å²) in [5, 5.41) is 18.3. The molecule has 1 saturated heterocycles. The molecule has 1 aliphatic heterocycles. The van der Waals surface area contributed by atoms with Crippen molar-refractivity contribution < 1.29 is 27.1 Å². The van der Waals surface area contributed by atoms with Gasteiger partial charge in [0.05, 0.1) is 14.8 Å². The molecule has 10 nitrogen and oxygen atoms in total. The second kappa shape index (κ2) is 10.4. The van der Waals surface area contributed by atoms with E-state index in [-0.39, 0.29) is 64.4 Å². The third-order valence-corrected chi connectivity index (χ3v) is 8.60. The van der Waals surface area contributed by atoms with Gasteiger partial charge in [-0.2, -0.15) is 0 Å². The maximum absolute atomic E-state index is 13.7. The van der Waals surface area contributed by atoms with Crippen LogP contribution in [0.2, 0.25) is 5.02 Å². The van der Waals surface area contributed by atoms with Gasteiger partial charge in [0.1, 0.15) is 17.5 Å². The van der Waals surface area contributed by atoms with E-state index in [0.717, 1.165) is 11.3 Å². The van der Waals surface area contributed by atoms with E-state index in [9.17, 15) is 22.7 Å². The summed E-state index contributed by atoms with van der Waals surface area (Å²) in [6.45, 7) is 6.87. The summed E-state index contributed by atoms with van der Waals surface area (Å²) >= 11 is 7.60. The van der Waals surface area contributed by atoms with E-state index >= 15 is 0 Å². The number of halogens is 2. The number of carbonyl (C=O) groups excluding carboxylic acids is 1. The molecule has 1 fully saturated rings. The number of carbonyl (C=O) groups is 1. The number of likely N-dealkylation sites (tertiary alicyclic amines) is 1. The first-order valence-corrected chi connectivity index (χ1v) is 14.3. The highest BCUT2D eigenvalue weighted by atomic mass is 35.5. The van der Waals surface area contributed by atoms with Gasteiger partial charge in [-0.1, -0.05) is 17.7 Å².